The van der Waals surface area contributed by atoms with Crippen molar-refractivity contribution in [3.05, 3.63) is 29.8 Å². The first-order chi connectivity index (χ1) is 7.84. The lowest BCUT2D eigenvalue weighted by atomic mass is 10.0. The van der Waals surface area contributed by atoms with Gasteiger partial charge in [-0.25, -0.2) is 0 Å². The number of para-hydroxylation sites is 1. The number of nitrogens with one attached hydrogen (secondary N) is 1. The summed E-state index contributed by atoms with van der Waals surface area (Å²) in [5.41, 5.74) is 1.37. The van der Waals surface area contributed by atoms with E-state index in [4.69, 9.17) is 4.74 Å². The number of hydrogen-bond donors (Lipinski definition) is 1. The monoisotopic (exact) mass is 217 g/mol. The molecular weight excluding hydrogens is 198 g/mol. The molecule has 2 aliphatic rings. The molecule has 3 unspecified atom stereocenters. The van der Waals surface area contributed by atoms with Gasteiger partial charge in [0.05, 0.1) is 6.61 Å². The van der Waals surface area contributed by atoms with Crippen molar-refractivity contribution in [2.45, 2.75) is 19.3 Å². The van der Waals surface area contributed by atoms with E-state index in [1.807, 2.05) is 6.07 Å². The lowest BCUT2D eigenvalue weighted by Crippen LogP contribution is -2.24. The van der Waals surface area contributed by atoms with Gasteiger partial charge in [-0.2, -0.15) is 0 Å². The molecule has 0 radical (unpaired) electrons. The van der Waals surface area contributed by atoms with Gasteiger partial charge in [-0.15, -0.1) is 0 Å². The van der Waals surface area contributed by atoms with Crippen molar-refractivity contribution in [2.75, 3.05) is 19.7 Å². The second-order valence-electron chi connectivity index (χ2n) is 5.18. The molecule has 0 aromatic heterocycles. The number of fused-ring (bicyclic) bond motifs is 1. The summed E-state index contributed by atoms with van der Waals surface area (Å²) in [6, 6.07) is 8.40. The molecule has 3 rings (SSSR count). The molecule has 1 aliphatic heterocycles. The van der Waals surface area contributed by atoms with E-state index in [2.05, 4.69) is 30.4 Å². The Morgan fingerprint density at radius 1 is 1.31 bits per heavy atom. The van der Waals surface area contributed by atoms with Crippen LogP contribution in [0.3, 0.4) is 0 Å². The third-order valence-corrected chi connectivity index (χ3v) is 3.87. The Morgan fingerprint density at radius 2 is 2.12 bits per heavy atom. The Labute approximate surface area is 97.0 Å². The second kappa shape index (κ2) is 4.10. The van der Waals surface area contributed by atoms with Crippen LogP contribution in [-0.2, 0) is 0 Å². The zero-order valence-electron chi connectivity index (χ0n) is 9.78. The van der Waals surface area contributed by atoms with E-state index in [0.717, 1.165) is 30.7 Å². The first kappa shape index (κ1) is 10.2. The molecule has 0 bridgehead atoms. The minimum absolute atomic E-state index is 0.547. The summed E-state index contributed by atoms with van der Waals surface area (Å²) in [6.07, 6.45) is 1.41. The van der Waals surface area contributed by atoms with Crippen molar-refractivity contribution in [1.82, 2.24) is 5.32 Å². The summed E-state index contributed by atoms with van der Waals surface area (Å²) < 4.78 is 5.67. The topological polar surface area (TPSA) is 21.3 Å². The minimum Gasteiger partial charge on any atom is -0.493 e. The Kier molecular flexibility index (Phi) is 2.60. The average Bonchev–Trinajstić information content (AvgIpc) is 2.86. The third-order valence-electron chi connectivity index (χ3n) is 3.87. The molecule has 0 saturated heterocycles. The largest absolute Gasteiger partial charge is 0.493 e. The van der Waals surface area contributed by atoms with Crippen LogP contribution in [0.5, 0.6) is 5.75 Å². The fraction of sp³-hybridized carbons (Fsp3) is 0.571. The highest BCUT2D eigenvalue weighted by molar-refractivity contribution is 5.39. The molecule has 0 amide bonds. The van der Waals surface area contributed by atoms with Gasteiger partial charge < -0.3 is 10.1 Å². The van der Waals surface area contributed by atoms with Crippen molar-refractivity contribution in [1.29, 1.82) is 0 Å². The van der Waals surface area contributed by atoms with Crippen molar-refractivity contribution in [3.63, 3.8) is 0 Å². The maximum atomic E-state index is 5.67. The molecule has 1 aromatic carbocycles. The van der Waals surface area contributed by atoms with Gasteiger partial charge in [0.1, 0.15) is 5.75 Å². The van der Waals surface area contributed by atoms with Gasteiger partial charge in [0.25, 0.3) is 0 Å². The van der Waals surface area contributed by atoms with Gasteiger partial charge in [-0.1, -0.05) is 25.1 Å². The molecule has 16 heavy (non-hydrogen) atoms. The van der Waals surface area contributed by atoms with Gasteiger partial charge in [0.15, 0.2) is 0 Å². The minimum atomic E-state index is 0.547. The van der Waals surface area contributed by atoms with E-state index < -0.39 is 0 Å². The van der Waals surface area contributed by atoms with Crippen LogP contribution >= 0.6 is 0 Å². The van der Waals surface area contributed by atoms with Crippen LogP contribution in [0.15, 0.2) is 24.3 Å². The molecule has 1 aliphatic carbocycles. The normalized spacial score (nSPS) is 30.9. The van der Waals surface area contributed by atoms with Crippen molar-refractivity contribution in [3.8, 4) is 5.75 Å². The molecule has 1 fully saturated rings. The molecule has 1 saturated carbocycles. The van der Waals surface area contributed by atoms with E-state index in [9.17, 15) is 0 Å². The van der Waals surface area contributed by atoms with Crippen LogP contribution < -0.4 is 10.1 Å². The molecule has 1 N–H and O–H groups in total. The summed E-state index contributed by atoms with van der Waals surface area (Å²) in [5.74, 6) is 3.50. The van der Waals surface area contributed by atoms with Crippen LogP contribution in [-0.4, -0.2) is 19.7 Å². The van der Waals surface area contributed by atoms with Crippen molar-refractivity contribution < 1.29 is 4.74 Å². The van der Waals surface area contributed by atoms with E-state index in [-0.39, 0.29) is 0 Å². The molecule has 1 heterocycles. The van der Waals surface area contributed by atoms with E-state index in [1.165, 1.54) is 18.5 Å². The van der Waals surface area contributed by atoms with Gasteiger partial charge in [-0.3, -0.25) is 0 Å². The van der Waals surface area contributed by atoms with E-state index in [1.54, 1.807) is 0 Å². The standard InChI is InChI=1S/C14H19NO/c1-10-6-11(10)7-15-8-12-9-16-14-5-3-2-4-13(12)14/h2-5,10-12,15H,6-9H2,1H3. The lowest BCUT2D eigenvalue weighted by molar-refractivity contribution is 0.326. The van der Waals surface area contributed by atoms with Crippen LogP contribution in [0.1, 0.15) is 24.8 Å². The zero-order valence-corrected chi connectivity index (χ0v) is 9.78. The van der Waals surface area contributed by atoms with Gasteiger partial charge in [-0.05, 0) is 30.9 Å². The van der Waals surface area contributed by atoms with Crippen LogP contribution in [0.4, 0.5) is 0 Å². The molecule has 2 heteroatoms. The SMILES string of the molecule is CC1CC1CNCC1COc2ccccc21. The summed E-state index contributed by atoms with van der Waals surface area (Å²) in [5, 5.41) is 3.58. The molecule has 3 atom stereocenters. The first-order valence-electron chi connectivity index (χ1n) is 6.27. The fourth-order valence-corrected chi connectivity index (χ4v) is 2.52. The highest BCUT2D eigenvalue weighted by Gasteiger charge is 2.32. The fourth-order valence-electron chi connectivity index (χ4n) is 2.52. The molecule has 1 aromatic rings. The summed E-state index contributed by atoms with van der Waals surface area (Å²) in [7, 11) is 0. The van der Waals surface area contributed by atoms with Gasteiger partial charge >= 0.3 is 0 Å². The Morgan fingerprint density at radius 3 is 2.94 bits per heavy atom. The molecule has 0 spiro atoms. The summed E-state index contributed by atoms with van der Waals surface area (Å²) in [4.78, 5) is 0. The maximum Gasteiger partial charge on any atom is 0.122 e. The predicted octanol–water partition coefficient (Wildman–Crippen LogP) is 2.41. The first-order valence-corrected chi connectivity index (χ1v) is 6.27. The van der Waals surface area contributed by atoms with E-state index in [0.29, 0.717) is 5.92 Å². The predicted molar refractivity (Wildman–Crippen MR) is 64.8 cm³/mol. The Bertz CT molecular complexity index is 377. The Balaban J connectivity index is 1.53. The lowest BCUT2D eigenvalue weighted by Gasteiger charge is -2.09. The van der Waals surface area contributed by atoms with Crippen LogP contribution in [0, 0.1) is 11.8 Å². The zero-order chi connectivity index (χ0) is 11.0. The Hall–Kier alpha value is -1.02. The van der Waals surface area contributed by atoms with Crippen molar-refractivity contribution in [2.24, 2.45) is 11.8 Å². The molecule has 86 valence electrons. The maximum absolute atomic E-state index is 5.67. The molecule has 2 nitrogen and oxygen atoms in total. The average molecular weight is 217 g/mol. The van der Waals surface area contributed by atoms with Gasteiger partial charge in [0.2, 0.25) is 0 Å². The third kappa shape index (κ3) is 1.94. The van der Waals surface area contributed by atoms with Crippen LogP contribution in [0.2, 0.25) is 0 Å². The van der Waals surface area contributed by atoms with Gasteiger partial charge in [0, 0.05) is 18.0 Å². The van der Waals surface area contributed by atoms with Crippen molar-refractivity contribution >= 4 is 0 Å². The molecular formula is C14H19NO. The smallest absolute Gasteiger partial charge is 0.122 e. The highest BCUT2D eigenvalue weighted by Crippen LogP contribution is 2.37. The number of hydrogen-bond acceptors (Lipinski definition) is 2. The van der Waals surface area contributed by atoms with E-state index >= 15 is 0 Å². The second-order valence-corrected chi connectivity index (χ2v) is 5.18. The quantitative estimate of drug-likeness (QED) is 0.836. The number of benzene rings is 1. The number of rotatable bonds is 4. The van der Waals surface area contributed by atoms with Crippen LogP contribution in [0.25, 0.3) is 0 Å². The summed E-state index contributed by atoms with van der Waals surface area (Å²) >= 11 is 0. The highest BCUT2D eigenvalue weighted by atomic mass is 16.5. The number of ether oxygens (including phenoxy) is 1. The summed E-state index contributed by atoms with van der Waals surface area (Å²) in [6.45, 7) is 5.41.